The minimum absolute atomic E-state index is 0.0371. The molecule has 0 amide bonds. The first-order valence-corrected chi connectivity index (χ1v) is 12.5. The van der Waals surface area contributed by atoms with Crippen molar-refractivity contribution in [3.05, 3.63) is 66.7 Å². The topological polar surface area (TPSA) is 189 Å². The molecular weight excluding hydrogens is 530 g/mol. The zero-order valence-electron chi connectivity index (χ0n) is 17.9. The number of hydrogen-bond donors (Lipinski definition) is 2. The molecule has 0 atom stereocenters. The van der Waals surface area contributed by atoms with E-state index in [0.29, 0.717) is 47.1 Å². The van der Waals surface area contributed by atoms with Gasteiger partial charge in [0.1, 0.15) is 23.9 Å². The molecule has 0 radical (unpaired) electrons. The van der Waals surface area contributed by atoms with E-state index in [-0.39, 0.29) is 29.7 Å². The van der Waals surface area contributed by atoms with Crippen LogP contribution in [0, 0.1) is 20.2 Å². The van der Waals surface area contributed by atoms with E-state index < -0.39 is 20.2 Å². The van der Waals surface area contributed by atoms with E-state index >= 15 is 0 Å². The summed E-state index contributed by atoms with van der Waals surface area (Å²) in [4.78, 5) is 30.1. The number of hydrogen-bond acceptors (Lipinski definition) is 12. The molecule has 35 heavy (non-hydrogen) atoms. The summed E-state index contributed by atoms with van der Waals surface area (Å²) < 4.78 is 31.1. The summed E-state index contributed by atoms with van der Waals surface area (Å²) >= 11 is 7.36. The number of nitrogens with zero attached hydrogens (tertiary/aromatic N) is 3. The Morgan fingerprint density at radius 3 is 2.29 bits per heavy atom. The lowest BCUT2D eigenvalue weighted by atomic mass is 10.1. The number of sulfonamides is 1. The molecule has 2 aromatic rings. The molecule has 0 spiro atoms. The number of rotatable bonds is 12. The van der Waals surface area contributed by atoms with Gasteiger partial charge in [0.25, 0.3) is 10.2 Å². The second-order valence-electron chi connectivity index (χ2n) is 7.14. The number of nitrogens with two attached hydrogens (primary N) is 1. The van der Waals surface area contributed by atoms with E-state index in [1.165, 1.54) is 42.3 Å². The first-order valence-electron chi connectivity index (χ1n) is 9.84. The molecule has 190 valence electrons. The fraction of sp³-hybridized carbons (Fsp3) is 0.333. The highest BCUT2D eigenvalue weighted by atomic mass is 35.5. The highest BCUT2D eigenvalue weighted by Crippen LogP contribution is 2.38. The average Bonchev–Trinajstić information content (AvgIpc) is 2.78. The third-order valence-electron chi connectivity index (χ3n) is 4.53. The van der Waals surface area contributed by atoms with Gasteiger partial charge in [0, 0.05) is 11.4 Å². The Bertz CT molecular complexity index is 1180. The maximum Gasteiger partial charge on any atom is 0.294 e. The Kier molecular flexibility index (Phi) is 8.79. The van der Waals surface area contributed by atoms with Gasteiger partial charge in [-0.3, -0.25) is 0 Å². The molecular formula is C18H20ClN5O9S2. The van der Waals surface area contributed by atoms with Gasteiger partial charge in [-0.15, -0.1) is 20.2 Å². The van der Waals surface area contributed by atoms with Crippen molar-refractivity contribution in [1.82, 2.24) is 4.31 Å². The quantitative estimate of drug-likeness (QED) is 0.170. The maximum atomic E-state index is 11.7. The Balaban J connectivity index is 1.57. The van der Waals surface area contributed by atoms with Crippen LogP contribution in [0.25, 0.3) is 0 Å². The van der Waals surface area contributed by atoms with Crippen LogP contribution in [-0.4, -0.2) is 42.7 Å². The monoisotopic (exact) mass is 549 g/mol. The molecule has 14 nitrogen and oxygen atoms in total. The Labute approximate surface area is 208 Å². The van der Waals surface area contributed by atoms with Crippen LogP contribution in [0.3, 0.4) is 0 Å². The first-order chi connectivity index (χ1) is 16.5. The van der Waals surface area contributed by atoms with E-state index in [1.54, 1.807) is 0 Å². The fourth-order valence-electron chi connectivity index (χ4n) is 3.10. The first kappa shape index (κ1) is 26.6. The molecule has 3 rings (SSSR count). The van der Waals surface area contributed by atoms with E-state index in [2.05, 4.69) is 15.0 Å². The number of primary sulfonamides is 1. The second kappa shape index (κ2) is 11.6. The minimum atomic E-state index is -3.97. The van der Waals surface area contributed by atoms with Crippen LogP contribution in [0.2, 0.25) is 5.02 Å². The Hall–Kier alpha value is -3.05. The van der Waals surface area contributed by atoms with Crippen LogP contribution in [0.5, 0.6) is 5.75 Å². The largest absolute Gasteiger partial charge is 0.494 e. The van der Waals surface area contributed by atoms with Crippen molar-refractivity contribution in [3.63, 3.8) is 0 Å². The summed E-state index contributed by atoms with van der Waals surface area (Å²) in [7, 11) is -3.97. The molecule has 0 bridgehead atoms. The van der Waals surface area contributed by atoms with E-state index in [9.17, 15) is 28.6 Å². The van der Waals surface area contributed by atoms with Gasteiger partial charge in [0.05, 0.1) is 24.0 Å². The van der Waals surface area contributed by atoms with Gasteiger partial charge in [0.2, 0.25) is 10.0 Å². The van der Waals surface area contributed by atoms with E-state index in [1.807, 2.05) is 4.31 Å². The van der Waals surface area contributed by atoms with E-state index in [0.717, 1.165) is 0 Å². The molecule has 0 aliphatic carbocycles. The van der Waals surface area contributed by atoms with Gasteiger partial charge in [-0.2, -0.15) is 0 Å². The molecule has 3 N–H and O–H groups in total. The van der Waals surface area contributed by atoms with E-state index in [4.69, 9.17) is 21.5 Å². The number of nitrogens with one attached hydrogen (secondary N) is 1. The lowest BCUT2D eigenvalue weighted by Gasteiger charge is -2.29. The lowest BCUT2D eigenvalue weighted by Crippen LogP contribution is -2.29. The van der Waals surface area contributed by atoms with Crippen molar-refractivity contribution in [2.45, 2.75) is 29.4 Å². The normalized spacial score (nSPS) is 13.4. The number of ether oxygens (including phenoxy) is 1. The van der Waals surface area contributed by atoms with Crippen LogP contribution in [0.4, 0.5) is 5.69 Å². The zero-order valence-corrected chi connectivity index (χ0v) is 20.3. The molecule has 1 aliphatic rings. The standard InChI is InChI=1S/C18H20ClN5O9S2/c19-15-7-16-17(8-18(15)35(20,29)30)34-22(11-21-16)2-1-3-31-14-5-12(9-32-23(25)26)4-13(6-14)10-33-24(27)28/h4-8,21H,1-3,9-11H2,(H2,20,29,30). The average molecular weight is 550 g/mol. The molecule has 17 heteroatoms. The summed E-state index contributed by atoms with van der Waals surface area (Å²) in [6.45, 7) is 0.595. The third-order valence-corrected chi connectivity index (χ3v) is 7.01. The number of halogens is 1. The third kappa shape index (κ3) is 8.00. The molecule has 1 heterocycles. The van der Waals surface area contributed by atoms with Crippen molar-refractivity contribution in [1.29, 1.82) is 0 Å². The van der Waals surface area contributed by atoms with Crippen LogP contribution < -0.4 is 15.2 Å². The van der Waals surface area contributed by atoms with Gasteiger partial charge in [-0.05, 0) is 53.8 Å². The lowest BCUT2D eigenvalue weighted by molar-refractivity contribution is -0.763. The summed E-state index contributed by atoms with van der Waals surface area (Å²) in [5, 5.41) is 27.5. The number of benzene rings is 2. The van der Waals surface area contributed by atoms with Crippen molar-refractivity contribution in [2.24, 2.45) is 5.14 Å². The van der Waals surface area contributed by atoms with Gasteiger partial charge in [-0.25, -0.2) is 17.9 Å². The molecule has 0 unspecified atom stereocenters. The highest BCUT2D eigenvalue weighted by molar-refractivity contribution is 7.97. The van der Waals surface area contributed by atoms with Crippen molar-refractivity contribution in [3.8, 4) is 5.75 Å². The summed E-state index contributed by atoms with van der Waals surface area (Å²) in [6, 6.07) is 7.48. The number of anilines is 1. The summed E-state index contributed by atoms with van der Waals surface area (Å²) in [5.74, 6) is 0.346. The highest BCUT2D eigenvalue weighted by Gasteiger charge is 2.22. The molecule has 0 saturated carbocycles. The van der Waals surface area contributed by atoms with Gasteiger partial charge < -0.3 is 19.7 Å². The van der Waals surface area contributed by atoms with Gasteiger partial charge >= 0.3 is 0 Å². The van der Waals surface area contributed by atoms with Crippen molar-refractivity contribution < 1.29 is 33.0 Å². The summed E-state index contributed by atoms with van der Waals surface area (Å²) in [6.07, 6.45) is 0.565. The predicted molar refractivity (Wildman–Crippen MR) is 124 cm³/mol. The Morgan fingerprint density at radius 1 is 1.09 bits per heavy atom. The predicted octanol–water partition coefficient (Wildman–Crippen LogP) is 2.57. The molecule has 0 saturated heterocycles. The molecule has 0 fully saturated rings. The minimum Gasteiger partial charge on any atom is -0.494 e. The van der Waals surface area contributed by atoms with Crippen LogP contribution in [0.1, 0.15) is 17.5 Å². The smallest absolute Gasteiger partial charge is 0.294 e. The van der Waals surface area contributed by atoms with Gasteiger partial charge in [-0.1, -0.05) is 17.7 Å². The van der Waals surface area contributed by atoms with Crippen molar-refractivity contribution >= 4 is 39.3 Å². The molecule has 2 aromatic carbocycles. The molecule has 0 aromatic heterocycles. The van der Waals surface area contributed by atoms with Gasteiger partial charge in [0.15, 0.2) is 0 Å². The summed E-state index contributed by atoms with van der Waals surface area (Å²) in [5.41, 5.74) is 1.47. The SMILES string of the molecule is NS(=O)(=O)c1cc2c(cc1Cl)NCN(CCCOc1cc(CO[N+](=O)[O-])cc(CO[N+](=O)[O-])c1)S2. The number of fused-ring (bicyclic) bond motifs is 1. The maximum absolute atomic E-state index is 11.7. The van der Waals surface area contributed by atoms with Crippen LogP contribution >= 0.6 is 23.5 Å². The van der Waals surface area contributed by atoms with Crippen LogP contribution in [0.15, 0.2) is 40.1 Å². The zero-order chi connectivity index (χ0) is 25.6. The molecule has 1 aliphatic heterocycles. The van der Waals surface area contributed by atoms with Crippen LogP contribution in [-0.2, 0) is 32.9 Å². The van der Waals surface area contributed by atoms with Crippen molar-refractivity contribution in [2.75, 3.05) is 25.1 Å². The Morgan fingerprint density at radius 2 is 1.71 bits per heavy atom. The second-order valence-corrected chi connectivity index (χ2v) is 10.2. The fourth-order valence-corrected chi connectivity index (χ4v) is 5.30.